The van der Waals surface area contributed by atoms with Crippen LogP contribution >= 0.6 is 11.3 Å². The number of carbonyl (C=O) groups excluding carboxylic acids is 2. The fraction of sp³-hybridized carbons (Fsp3) is 0.667. The number of amides is 2. The van der Waals surface area contributed by atoms with E-state index >= 15 is 0 Å². The second kappa shape index (κ2) is 7.54. The molecule has 1 aromatic heterocycles. The number of nitrogens with zero attached hydrogens (tertiary/aromatic N) is 2. The van der Waals surface area contributed by atoms with E-state index in [0.29, 0.717) is 18.1 Å². The van der Waals surface area contributed by atoms with Crippen LogP contribution in [0, 0.1) is 5.92 Å². The predicted octanol–water partition coefficient (Wildman–Crippen LogP) is 2.68. The van der Waals surface area contributed by atoms with Gasteiger partial charge in [-0.25, -0.2) is 4.98 Å². The lowest BCUT2D eigenvalue weighted by atomic mass is 9.97. The van der Waals surface area contributed by atoms with Crippen molar-refractivity contribution in [3.05, 3.63) is 11.1 Å². The first-order valence-electron chi connectivity index (χ1n) is 7.67. The molecular formula is C15H23N3O2S. The molecule has 0 saturated carbocycles. The molecule has 1 aromatic rings. The van der Waals surface area contributed by atoms with E-state index < -0.39 is 0 Å². The zero-order chi connectivity index (χ0) is 15.2. The summed E-state index contributed by atoms with van der Waals surface area (Å²) in [5, 5.41) is 3.55. The van der Waals surface area contributed by atoms with Crippen molar-refractivity contribution in [3.63, 3.8) is 0 Å². The van der Waals surface area contributed by atoms with Crippen LogP contribution in [0.2, 0.25) is 0 Å². The molecule has 0 aromatic carbocycles. The molecule has 1 aliphatic heterocycles. The van der Waals surface area contributed by atoms with Gasteiger partial charge in [-0.15, -0.1) is 11.3 Å². The molecule has 0 unspecified atom stereocenters. The molecule has 0 radical (unpaired) electrons. The number of piperidine rings is 1. The zero-order valence-electron chi connectivity index (χ0n) is 12.7. The van der Waals surface area contributed by atoms with Crippen LogP contribution in [-0.2, 0) is 16.0 Å². The number of aromatic nitrogens is 1. The maximum Gasteiger partial charge on any atom is 0.231 e. The van der Waals surface area contributed by atoms with Crippen molar-refractivity contribution in [2.24, 2.45) is 5.92 Å². The highest BCUT2D eigenvalue weighted by Gasteiger charge is 2.28. The Labute approximate surface area is 129 Å². The van der Waals surface area contributed by atoms with E-state index in [1.54, 1.807) is 6.20 Å². The van der Waals surface area contributed by atoms with E-state index in [-0.39, 0.29) is 17.7 Å². The molecule has 0 spiro atoms. The minimum atomic E-state index is -0.117. The topological polar surface area (TPSA) is 62.3 Å². The molecule has 5 nitrogen and oxygen atoms in total. The van der Waals surface area contributed by atoms with Gasteiger partial charge in [0.15, 0.2) is 5.13 Å². The van der Waals surface area contributed by atoms with Crippen LogP contribution in [0.15, 0.2) is 6.20 Å². The Morgan fingerprint density at radius 1 is 1.48 bits per heavy atom. The summed E-state index contributed by atoms with van der Waals surface area (Å²) in [5.74, 6) is 0.0343. The van der Waals surface area contributed by atoms with Crippen molar-refractivity contribution in [2.75, 3.05) is 18.4 Å². The number of rotatable bonds is 5. The normalized spacial score (nSPS) is 18.6. The number of thiazole rings is 1. The maximum absolute atomic E-state index is 12.3. The number of aryl methyl sites for hydroxylation is 1. The molecule has 1 fully saturated rings. The highest BCUT2D eigenvalue weighted by Crippen LogP contribution is 2.22. The Balaban J connectivity index is 1.91. The van der Waals surface area contributed by atoms with Gasteiger partial charge >= 0.3 is 0 Å². The van der Waals surface area contributed by atoms with Gasteiger partial charge in [-0.05, 0) is 25.7 Å². The Morgan fingerprint density at radius 3 is 2.95 bits per heavy atom. The van der Waals surface area contributed by atoms with E-state index in [1.807, 2.05) is 11.8 Å². The molecular weight excluding hydrogens is 286 g/mol. The molecule has 6 heteroatoms. The van der Waals surface area contributed by atoms with Crippen molar-refractivity contribution >= 4 is 28.3 Å². The summed E-state index contributed by atoms with van der Waals surface area (Å²) < 4.78 is 0. The third-order valence-corrected chi connectivity index (χ3v) is 4.80. The lowest BCUT2D eigenvalue weighted by molar-refractivity contribution is -0.134. The Kier molecular flexibility index (Phi) is 5.73. The molecule has 2 amide bonds. The van der Waals surface area contributed by atoms with Crippen molar-refractivity contribution in [2.45, 2.75) is 46.0 Å². The number of hydrogen-bond donors (Lipinski definition) is 1. The van der Waals surface area contributed by atoms with Gasteiger partial charge in [0, 0.05) is 30.6 Å². The largest absolute Gasteiger partial charge is 0.342 e. The van der Waals surface area contributed by atoms with Crippen LogP contribution in [0.3, 0.4) is 0 Å². The molecule has 1 atom stereocenters. The summed E-state index contributed by atoms with van der Waals surface area (Å²) in [6.45, 7) is 5.38. The van der Waals surface area contributed by atoms with E-state index in [9.17, 15) is 9.59 Å². The summed E-state index contributed by atoms with van der Waals surface area (Å²) in [4.78, 5) is 31.5. The van der Waals surface area contributed by atoms with Gasteiger partial charge in [-0.2, -0.15) is 0 Å². The molecule has 1 N–H and O–H groups in total. The van der Waals surface area contributed by atoms with Crippen molar-refractivity contribution < 1.29 is 9.59 Å². The first-order valence-corrected chi connectivity index (χ1v) is 8.49. The summed E-state index contributed by atoms with van der Waals surface area (Å²) >= 11 is 1.52. The van der Waals surface area contributed by atoms with Crippen LogP contribution < -0.4 is 5.32 Å². The second-order valence-corrected chi connectivity index (χ2v) is 6.52. The molecule has 2 heterocycles. The highest BCUT2D eigenvalue weighted by molar-refractivity contribution is 7.15. The van der Waals surface area contributed by atoms with Gasteiger partial charge in [-0.1, -0.05) is 13.8 Å². The molecule has 0 bridgehead atoms. The van der Waals surface area contributed by atoms with Gasteiger partial charge in [0.05, 0.1) is 5.92 Å². The molecule has 2 rings (SSSR count). The summed E-state index contributed by atoms with van der Waals surface area (Å²) in [7, 11) is 0. The number of carbonyl (C=O) groups is 2. The SMILES string of the molecule is CCCC(=O)N1CCC[C@@H](C(=O)Nc2ncc(CC)s2)C1. The van der Waals surface area contributed by atoms with Gasteiger partial charge in [0.1, 0.15) is 0 Å². The van der Waals surface area contributed by atoms with E-state index in [4.69, 9.17) is 0 Å². The predicted molar refractivity (Wildman–Crippen MR) is 84.3 cm³/mol. The number of anilines is 1. The number of hydrogen-bond acceptors (Lipinski definition) is 4. The molecule has 0 aliphatic carbocycles. The van der Waals surface area contributed by atoms with Gasteiger partial charge in [0.2, 0.25) is 11.8 Å². The fourth-order valence-corrected chi connectivity index (χ4v) is 3.28. The van der Waals surface area contributed by atoms with Crippen LogP contribution in [0.4, 0.5) is 5.13 Å². The van der Waals surface area contributed by atoms with Crippen LogP contribution in [0.25, 0.3) is 0 Å². The number of likely N-dealkylation sites (tertiary alicyclic amines) is 1. The van der Waals surface area contributed by atoms with Crippen LogP contribution in [-0.4, -0.2) is 34.8 Å². The average Bonchev–Trinajstić information content (AvgIpc) is 2.95. The maximum atomic E-state index is 12.3. The van der Waals surface area contributed by atoms with Gasteiger partial charge in [-0.3, -0.25) is 9.59 Å². The van der Waals surface area contributed by atoms with Crippen molar-refractivity contribution in [1.82, 2.24) is 9.88 Å². The lowest BCUT2D eigenvalue weighted by Gasteiger charge is -2.31. The quantitative estimate of drug-likeness (QED) is 0.909. The minimum absolute atomic E-state index is 0.0130. The third kappa shape index (κ3) is 4.27. The highest BCUT2D eigenvalue weighted by atomic mass is 32.1. The lowest BCUT2D eigenvalue weighted by Crippen LogP contribution is -2.43. The van der Waals surface area contributed by atoms with E-state index in [1.165, 1.54) is 11.3 Å². The van der Waals surface area contributed by atoms with Crippen molar-refractivity contribution in [3.8, 4) is 0 Å². The first kappa shape index (κ1) is 15.9. The second-order valence-electron chi connectivity index (χ2n) is 5.40. The average molecular weight is 309 g/mol. The third-order valence-electron chi connectivity index (χ3n) is 3.74. The molecule has 21 heavy (non-hydrogen) atoms. The minimum Gasteiger partial charge on any atom is -0.342 e. The summed E-state index contributed by atoms with van der Waals surface area (Å²) in [6, 6.07) is 0. The van der Waals surface area contributed by atoms with Crippen molar-refractivity contribution in [1.29, 1.82) is 0 Å². The summed E-state index contributed by atoms with van der Waals surface area (Å²) in [6.07, 6.45) is 5.89. The fourth-order valence-electron chi connectivity index (χ4n) is 2.53. The summed E-state index contributed by atoms with van der Waals surface area (Å²) in [5.41, 5.74) is 0. The van der Waals surface area contributed by atoms with Crippen LogP contribution in [0.5, 0.6) is 0 Å². The Morgan fingerprint density at radius 2 is 2.29 bits per heavy atom. The molecule has 1 saturated heterocycles. The van der Waals surface area contributed by atoms with Crippen LogP contribution in [0.1, 0.15) is 44.4 Å². The van der Waals surface area contributed by atoms with E-state index in [0.717, 1.165) is 37.1 Å². The number of nitrogens with one attached hydrogen (secondary N) is 1. The van der Waals surface area contributed by atoms with E-state index in [2.05, 4.69) is 17.2 Å². The Hall–Kier alpha value is -1.43. The van der Waals surface area contributed by atoms with Gasteiger partial charge < -0.3 is 10.2 Å². The zero-order valence-corrected chi connectivity index (χ0v) is 13.5. The Bertz CT molecular complexity index is 501. The smallest absolute Gasteiger partial charge is 0.231 e. The standard InChI is InChI=1S/C15H23N3O2S/c1-3-6-13(19)18-8-5-7-11(10-18)14(20)17-15-16-9-12(4-2)21-15/h9,11H,3-8,10H2,1-2H3,(H,16,17,20)/t11-/m1/s1. The monoisotopic (exact) mass is 309 g/mol. The first-order chi connectivity index (χ1) is 10.1. The molecule has 1 aliphatic rings. The van der Waals surface area contributed by atoms with Gasteiger partial charge in [0.25, 0.3) is 0 Å². The molecule has 116 valence electrons.